The highest BCUT2D eigenvalue weighted by atomic mass is 32.2. The van der Waals surface area contributed by atoms with Crippen LogP contribution in [0, 0.1) is 11.3 Å². The highest BCUT2D eigenvalue weighted by molar-refractivity contribution is 7.90. The standard InChI is InChI=1S/C17H29NO4S/c19-16(18-23(20,21)15-9-12-22-13-15)17(10-5-2-6-11-17)14-7-3-1-4-8-14/h14-15H,1-13H2,(H,18,19). The van der Waals surface area contributed by atoms with E-state index in [4.69, 9.17) is 4.74 Å². The van der Waals surface area contributed by atoms with E-state index in [1.54, 1.807) is 0 Å². The lowest BCUT2D eigenvalue weighted by Crippen LogP contribution is -2.51. The molecular formula is C17H29NO4S. The minimum absolute atomic E-state index is 0.207. The highest BCUT2D eigenvalue weighted by Gasteiger charge is 2.47. The smallest absolute Gasteiger partial charge is 0.240 e. The minimum atomic E-state index is -3.61. The molecule has 0 aromatic heterocycles. The fourth-order valence-electron chi connectivity index (χ4n) is 4.73. The third-order valence-electron chi connectivity index (χ3n) is 6.15. The number of hydrogen-bond donors (Lipinski definition) is 1. The van der Waals surface area contributed by atoms with Gasteiger partial charge in [0.25, 0.3) is 0 Å². The van der Waals surface area contributed by atoms with Gasteiger partial charge in [0.1, 0.15) is 5.25 Å². The van der Waals surface area contributed by atoms with Crippen molar-refractivity contribution in [2.24, 2.45) is 11.3 Å². The van der Waals surface area contributed by atoms with Crippen molar-refractivity contribution < 1.29 is 17.9 Å². The topological polar surface area (TPSA) is 72.5 Å². The zero-order chi connectivity index (χ0) is 16.3. The van der Waals surface area contributed by atoms with Crippen molar-refractivity contribution in [3.63, 3.8) is 0 Å². The Morgan fingerprint density at radius 2 is 1.61 bits per heavy atom. The molecule has 1 N–H and O–H groups in total. The van der Waals surface area contributed by atoms with Crippen LogP contribution < -0.4 is 4.72 Å². The lowest BCUT2D eigenvalue weighted by atomic mass is 9.61. The van der Waals surface area contributed by atoms with Gasteiger partial charge in [-0.15, -0.1) is 0 Å². The molecule has 0 spiro atoms. The van der Waals surface area contributed by atoms with Gasteiger partial charge in [0, 0.05) is 6.61 Å². The van der Waals surface area contributed by atoms with Crippen LogP contribution >= 0.6 is 0 Å². The van der Waals surface area contributed by atoms with Crippen LogP contribution in [0.25, 0.3) is 0 Å². The summed E-state index contributed by atoms with van der Waals surface area (Å²) in [6.45, 7) is 0.673. The first-order valence-electron chi connectivity index (χ1n) is 9.18. The van der Waals surface area contributed by atoms with Crippen molar-refractivity contribution in [1.29, 1.82) is 0 Å². The molecule has 0 bridgehead atoms. The summed E-state index contributed by atoms with van der Waals surface area (Å²) in [6.07, 6.45) is 11.1. The second-order valence-electron chi connectivity index (χ2n) is 7.51. The number of ether oxygens (including phenoxy) is 1. The molecule has 5 nitrogen and oxygen atoms in total. The monoisotopic (exact) mass is 343 g/mol. The Kier molecular flexibility index (Phi) is 5.31. The zero-order valence-corrected chi connectivity index (χ0v) is 14.7. The van der Waals surface area contributed by atoms with Crippen molar-refractivity contribution in [3.05, 3.63) is 0 Å². The molecule has 2 aliphatic carbocycles. The maximum atomic E-state index is 13.1. The van der Waals surface area contributed by atoms with E-state index in [0.717, 1.165) is 44.9 Å². The number of hydrogen-bond acceptors (Lipinski definition) is 4. The molecule has 0 radical (unpaired) electrons. The van der Waals surface area contributed by atoms with Gasteiger partial charge in [-0.2, -0.15) is 0 Å². The molecule has 1 amide bonds. The first kappa shape index (κ1) is 17.2. The first-order chi connectivity index (χ1) is 11.0. The van der Waals surface area contributed by atoms with Crippen LogP contribution in [0.4, 0.5) is 0 Å². The summed E-state index contributed by atoms with van der Waals surface area (Å²) in [5, 5.41) is -0.571. The minimum Gasteiger partial charge on any atom is -0.380 e. The number of sulfonamides is 1. The van der Waals surface area contributed by atoms with Crippen LogP contribution in [0.15, 0.2) is 0 Å². The Labute approximate surface area is 139 Å². The van der Waals surface area contributed by atoms with Gasteiger partial charge in [0.15, 0.2) is 0 Å². The summed E-state index contributed by atoms with van der Waals surface area (Å²) < 4.78 is 32.6. The van der Waals surface area contributed by atoms with Gasteiger partial charge in [0.2, 0.25) is 15.9 Å². The normalized spacial score (nSPS) is 29.3. The summed E-state index contributed by atoms with van der Waals surface area (Å²) in [5.41, 5.74) is -0.453. The number of carbonyl (C=O) groups is 1. The molecule has 6 heteroatoms. The summed E-state index contributed by atoms with van der Waals surface area (Å²) in [6, 6.07) is 0. The lowest BCUT2D eigenvalue weighted by Gasteiger charge is -2.44. The molecule has 1 heterocycles. The van der Waals surface area contributed by atoms with E-state index in [9.17, 15) is 13.2 Å². The Morgan fingerprint density at radius 3 is 2.22 bits per heavy atom. The molecule has 1 aliphatic heterocycles. The largest absolute Gasteiger partial charge is 0.380 e. The van der Waals surface area contributed by atoms with Gasteiger partial charge < -0.3 is 4.74 Å². The maximum Gasteiger partial charge on any atom is 0.240 e. The molecule has 3 aliphatic rings. The number of nitrogens with one attached hydrogen (secondary N) is 1. The molecule has 1 saturated heterocycles. The quantitative estimate of drug-likeness (QED) is 0.852. The predicted octanol–water partition coefficient (Wildman–Crippen LogP) is 2.75. The molecular weight excluding hydrogens is 314 g/mol. The van der Waals surface area contributed by atoms with Crippen LogP contribution in [-0.2, 0) is 19.6 Å². The van der Waals surface area contributed by atoms with Crippen LogP contribution in [0.3, 0.4) is 0 Å². The van der Waals surface area contributed by atoms with Crippen molar-refractivity contribution in [1.82, 2.24) is 4.72 Å². The Hall–Kier alpha value is -0.620. The average molecular weight is 343 g/mol. The fraction of sp³-hybridized carbons (Fsp3) is 0.941. The number of rotatable bonds is 4. The zero-order valence-electron chi connectivity index (χ0n) is 13.9. The molecule has 0 aromatic rings. The maximum absolute atomic E-state index is 13.1. The van der Waals surface area contributed by atoms with Crippen molar-refractivity contribution >= 4 is 15.9 Å². The molecule has 1 unspecified atom stereocenters. The Bertz CT molecular complexity index is 513. The second kappa shape index (κ2) is 7.09. The number of carbonyl (C=O) groups excluding carboxylic acids is 1. The van der Waals surface area contributed by atoms with E-state index in [2.05, 4.69) is 4.72 Å². The van der Waals surface area contributed by atoms with Gasteiger partial charge in [-0.3, -0.25) is 9.52 Å². The van der Waals surface area contributed by atoms with Crippen LogP contribution in [0.5, 0.6) is 0 Å². The van der Waals surface area contributed by atoms with Crippen molar-refractivity contribution in [3.8, 4) is 0 Å². The fourth-order valence-corrected chi connectivity index (χ4v) is 6.04. The summed E-state index contributed by atoms with van der Waals surface area (Å²) in [7, 11) is -3.61. The van der Waals surface area contributed by atoms with Gasteiger partial charge in [0.05, 0.1) is 12.0 Å². The van der Waals surface area contributed by atoms with Crippen molar-refractivity contribution in [2.45, 2.75) is 75.9 Å². The Morgan fingerprint density at radius 1 is 0.957 bits per heavy atom. The third kappa shape index (κ3) is 3.58. The van der Waals surface area contributed by atoms with E-state index < -0.39 is 20.7 Å². The highest BCUT2D eigenvalue weighted by Crippen LogP contribution is 2.48. The Balaban J connectivity index is 1.77. The first-order valence-corrected chi connectivity index (χ1v) is 10.7. The van der Waals surface area contributed by atoms with Crippen LogP contribution in [0.1, 0.15) is 70.6 Å². The van der Waals surface area contributed by atoms with Gasteiger partial charge in [-0.25, -0.2) is 8.42 Å². The van der Waals surface area contributed by atoms with Gasteiger partial charge in [-0.05, 0) is 38.0 Å². The molecule has 2 saturated carbocycles. The summed E-state index contributed by atoms with van der Waals surface area (Å²) in [4.78, 5) is 13.1. The van der Waals surface area contributed by atoms with Crippen LogP contribution in [-0.4, -0.2) is 32.8 Å². The van der Waals surface area contributed by atoms with E-state index in [-0.39, 0.29) is 12.5 Å². The second-order valence-corrected chi connectivity index (χ2v) is 9.47. The summed E-state index contributed by atoms with van der Waals surface area (Å²) >= 11 is 0. The van der Waals surface area contributed by atoms with Gasteiger partial charge >= 0.3 is 0 Å². The molecule has 23 heavy (non-hydrogen) atoms. The van der Waals surface area contributed by atoms with E-state index in [0.29, 0.717) is 18.9 Å². The predicted molar refractivity (Wildman–Crippen MR) is 88.4 cm³/mol. The SMILES string of the molecule is O=C(NS(=O)(=O)C1CCOC1)C1(C2CCCCC2)CCCCC1. The molecule has 132 valence electrons. The molecule has 3 rings (SSSR count). The van der Waals surface area contributed by atoms with Gasteiger partial charge in [-0.1, -0.05) is 38.5 Å². The third-order valence-corrected chi connectivity index (χ3v) is 7.87. The van der Waals surface area contributed by atoms with Crippen LogP contribution in [0.2, 0.25) is 0 Å². The molecule has 3 fully saturated rings. The van der Waals surface area contributed by atoms with Crippen molar-refractivity contribution in [2.75, 3.05) is 13.2 Å². The van der Waals surface area contributed by atoms with E-state index in [1.807, 2.05) is 0 Å². The lowest BCUT2D eigenvalue weighted by molar-refractivity contribution is -0.136. The van der Waals surface area contributed by atoms with E-state index in [1.165, 1.54) is 19.3 Å². The number of amides is 1. The molecule has 1 atom stereocenters. The summed E-state index contributed by atoms with van der Waals surface area (Å²) in [5.74, 6) is 0.127. The van der Waals surface area contributed by atoms with E-state index >= 15 is 0 Å². The average Bonchev–Trinajstić information content (AvgIpc) is 3.11. The molecule has 0 aromatic carbocycles.